The summed E-state index contributed by atoms with van der Waals surface area (Å²) in [6, 6.07) is 4.99. The maximum Gasteiger partial charge on any atom is 0.416 e. The average Bonchev–Trinajstić information content (AvgIpc) is 3.17. The standard InChI is InChI=1S/C19H20F3N3OS/c1-11(2)6-7-25-9-15(26)16(17(25)23)18-24-14(10-27-18)12-4-3-5-13(8-12)19(20,21)22/h3-5,8,10-11,23,26H,6-7,9H2,1-2H3. The van der Waals surface area contributed by atoms with E-state index in [1.807, 2.05) is 0 Å². The highest BCUT2D eigenvalue weighted by Gasteiger charge is 2.32. The van der Waals surface area contributed by atoms with Gasteiger partial charge in [-0.05, 0) is 24.5 Å². The maximum absolute atomic E-state index is 12.9. The first-order chi connectivity index (χ1) is 12.7. The van der Waals surface area contributed by atoms with E-state index in [-0.39, 0.29) is 18.1 Å². The SMILES string of the molecule is CC(C)CCN1CC(O)=C(c2nc(-c3cccc(C(F)(F)F)c3)cs2)C1=N. The Balaban J connectivity index is 1.84. The van der Waals surface area contributed by atoms with Gasteiger partial charge >= 0.3 is 6.18 Å². The number of alkyl halides is 3. The number of thiazole rings is 1. The third-order valence-corrected chi connectivity index (χ3v) is 5.22. The normalized spacial score (nSPS) is 15.3. The predicted molar refractivity (Wildman–Crippen MR) is 101 cm³/mol. The van der Waals surface area contributed by atoms with Gasteiger partial charge in [0.25, 0.3) is 0 Å². The second-order valence-electron chi connectivity index (χ2n) is 6.89. The van der Waals surface area contributed by atoms with Crippen molar-refractivity contribution in [1.82, 2.24) is 9.88 Å². The van der Waals surface area contributed by atoms with Crippen LogP contribution in [0.4, 0.5) is 13.2 Å². The lowest BCUT2D eigenvalue weighted by molar-refractivity contribution is -0.137. The highest BCUT2D eigenvalue weighted by Crippen LogP contribution is 2.35. The van der Waals surface area contributed by atoms with Gasteiger partial charge in [-0.1, -0.05) is 26.0 Å². The van der Waals surface area contributed by atoms with Crippen molar-refractivity contribution < 1.29 is 18.3 Å². The number of aliphatic hydroxyl groups excluding tert-OH is 1. The number of hydrogen-bond acceptors (Lipinski definition) is 4. The maximum atomic E-state index is 12.9. The van der Waals surface area contributed by atoms with Gasteiger partial charge in [0.2, 0.25) is 0 Å². The van der Waals surface area contributed by atoms with Crippen LogP contribution in [0.15, 0.2) is 35.4 Å². The zero-order chi connectivity index (χ0) is 19.8. The Bertz CT molecular complexity index is 886. The van der Waals surface area contributed by atoms with Crippen LogP contribution in [0, 0.1) is 11.3 Å². The Labute approximate surface area is 159 Å². The monoisotopic (exact) mass is 395 g/mol. The largest absolute Gasteiger partial charge is 0.510 e. The van der Waals surface area contributed by atoms with Crippen molar-refractivity contribution in [2.45, 2.75) is 26.4 Å². The number of aromatic nitrogens is 1. The van der Waals surface area contributed by atoms with E-state index >= 15 is 0 Å². The van der Waals surface area contributed by atoms with Gasteiger partial charge in [0.05, 0.1) is 23.4 Å². The van der Waals surface area contributed by atoms with Crippen molar-refractivity contribution in [2.24, 2.45) is 5.92 Å². The second-order valence-corrected chi connectivity index (χ2v) is 7.75. The molecule has 0 atom stereocenters. The molecule has 8 heteroatoms. The van der Waals surface area contributed by atoms with Crippen molar-refractivity contribution >= 4 is 22.7 Å². The number of nitrogens with one attached hydrogen (secondary N) is 1. The van der Waals surface area contributed by atoms with Crippen LogP contribution in [0.1, 0.15) is 30.8 Å². The minimum Gasteiger partial charge on any atom is -0.510 e. The molecule has 27 heavy (non-hydrogen) atoms. The lowest BCUT2D eigenvalue weighted by Gasteiger charge is -2.19. The third-order valence-electron chi connectivity index (χ3n) is 4.36. The van der Waals surface area contributed by atoms with E-state index in [1.54, 1.807) is 16.3 Å². The minimum absolute atomic E-state index is 0.0775. The summed E-state index contributed by atoms with van der Waals surface area (Å²) in [6.07, 6.45) is -3.52. The van der Waals surface area contributed by atoms with Gasteiger partial charge in [-0.25, -0.2) is 4.98 Å². The number of rotatable bonds is 5. The molecule has 0 fully saturated rings. The first kappa shape index (κ1) is 19.4. The quantitative estimate of drug-likeness (QED) is 0.709. The number of halogens is 3. The zero-order valence-corrected chi connectivity index (χ0v) is 15.8. The molecule has 0 spiro atoms. The third kappa shape index (κ3) is 4.16. The van der Waals surface area contributed by atoms with E-state index in [4.69, 9.17) is 5.41 Å². The molecule has 1 aliphatic heterocycles. The molecule has 1 aliphatic rings. The summed E-state index contributed by atoms with van der Waals surface area (Å²) in [5.41, 5.74) is 0.385. The molecule has 0 saturated carbocycles. The Hall–Kier alpha value is -2.35. The van der Waals surface area contributed by atoms with Crippen LogP contribution >= 0.6 is 11.3 Å². The molecule has 144 valence electrons. The zero-order valence-electron chi connectivity index (χ0n) is 15.0. The van der Waals surface area contributed by atoms with Crippen LogP contribution in [-0.2, 0) is 6.18 Å². The molecular weight excluding hydrogens is 375 g/mol. The van der Waals surface area contributed by atoms with Gasteiger partial charge in [-0.15, -0.1) is 11.3 Å². The molecule has 3 rings (SSSR count). The van der Waals surface area contributed by atoms with Gasteiger partial charge in [-0.2, -0.15) is 13.2 Å². The first-order valence-corrected chi connectivity index (χ1v) is 9.44. The average molecular weight is 395 g/mol. The van der Waals surface area contributed by atoms with Crippen LogP contribution in [-0.4, -0.2) is 33.9 Å². The van der Waals surface area contributed by atoms with Crippen molar-refractivity contribution in [1.29, 1.82) is 5.41 Å². The van der Waals surface area contributed by atoms with Crippen molar-refractivity contribution in [3.63, 3.8) is 0 Å². The lowest BCUT2D eigenvalue weighted by Crippen LogP contribution is -2.28. The van der Waals surface area contributed by atoms with Gasteiger partial charge in [-0.3, -0.25) is 5.41 Å². The number of hydrogen-bond donors (Lipinski definition) is 2. The Kier molecular flexibility index (Phi) is 5.28. The molecule has 1 aromatic heterocycles. The highest BCUT2D eigenvalue weighted by atomic mass is 32.1. The molecule has 0 unspecified atom stereocenters. The fourth-order valence-electron chi connectivity index (χ4n) is 2.84. The van der Waals surface area contributed by atoms with Crippen LogP contribution in [0.5, 0.6) is 0 Å². The van der Waals surface area contributed by atoms with Gasteiger partial charge in [0, 0.05) is 17.5 Å². The minimum atomic E-state index is -4.42. The number of amidine groups is 1. The van der Waals surface area contributed by atoms with Gasteiger partial charge in [0.15, 0.2) is 0 Å². The predicted octanol–water partition coefficient (Wildman–Crippen LogP) is 5.44. The summed E-state index contributed by atoms with van der Waals surface area (Å²) in [6.45, 7) is 5.11. The van der Waals surface area contributed by atoms with E-state index in [0.29, 0.717) is 34.3 Å². The second kappa shape index (κ2) is 7.34. The van der Waals surface area contributed by atoms with E-state index in [2.05, 4.69) is 18.8 Å². The number of nitrogens with zero attached hydrogens (tertiary/aromatic N) is 2. The lowest BCUT2D eigenvalue weighted by atomic mass is 10.1. The van der Waals surface area contributed by atoms with Crippen molar-refractivity contribution in [2.75, 3.05) is 13.1 Å². The Morgan fingerprint density at radius 1 is 1.33 bits per heavy atom. The summed E-state index contributed by atoms with van der Waals surface area (Å²) >= 11 is 1.21. The topological polar surface area (TPSA) is 60.2 Å². The van der Waals surface area contributed by atoms with Gasteiger partial charge < -0.3 is 10.0 Å². The molecule has 0 aliphatic carbocycles. The van der Waals surface area contributed by atoms with Gasteiger partial charge in [0.1, 0.15) is 16.6 Å². The Morgan fingerprint density at radius 2 is 2.07 bits per heavy atom. The van der Waals surface area contributed by atoms with Crippen molar-refractivity contribution in [3.05, 3.63) is 46.0 Å². The molecule has 2 aromatic rings. The van der Waals surface area contributed by atoms with E-state index in [0.717, 1.165) is 18.6 Å². The molecule has 1 aromatic carbocycles. The summed E-state index contributed by atoms with van der Waals surface area (Å²) in [7, 11) is 0. The van der Waals surface area contributed by atoms with Crippen LogP contribution < -0.4 is 0 Å². The summed E-state index contributed by atoms with van der Waals surface area (Å²) < 4.78 is 38.8. The summed E-state index contributed by atoms with van der Waals surface area (Å²) in [5.74, 6) is 0.767. The molecule has 2 heterocycles. The smallest absolute Gasteiger partial charge is 0.416 e. The first-order valence-electron chi connectivity index (χ1n) is 8.56. The molecule has 0 radical (unpaired) electrons. The molecular formula is C19H20F3N3OS. The molecule has 4 nitrogen and oxygen atoms in total. The van der Waals surface area contributed by atoms with Crippen LogP contribution in [0.2, 0.25) is 0 Å². The number of benzene rings is 1. The van der Waals surface area contributed by atoms with E-state index < -0.39 is 11.7 Å². The van der Waals surface area contributed by atoms with Crippen molar-refractivity contribution in [3.8, 4) is 11.3 Å². The summed E-state index contributed by atoms with van der Waals surface area (Å²) in [5, 5.41) is 20.7. The Morgan fingerprint density at radius 3 is 2.74 bits per heavy atom. The number of aliphatic hydroxyl groups is 1. The van der Waals surface area contributed by atoms with E-state index in [9.17, 15) is 18.3 Å². The fourth-order valence-corrected chi connectivity index (χ4v) is 3.73. The van der Waals surface area contributed by atoms with Crippen LogP contribution in [0.25, 0.3) is 16.8 Å². The van der Waals surface area contributed by atoms with E-state index in [1.165, 1.54) is 17.4 Å². The molecule has 0 amide bonds. The summed E-state index contributed by atoms with van der Waals surface area (Å²) in [4.78, 5) is 6.17. The highest BCUT2D eigenvalue weighted by molar-refractivity contribution is 7.11. The molecule has 0 bridgehead atoms. The fraction of sp³-hybridized carbons (Fsp3) is 0.368. The van der Waals surface area contributed by atoms with Crippen LogP contribution in [0.3, 0.4) is 0 Å². The molecule has 0 saturated heterocycles. The molecule has 2 N–H and O–H groups in total.